The molecule has 0 unspecified atom stereocenters. The minimum atomic E-state index is 1.09. The predicted molar refractivity (Wildman–Crippen MR) is 52.6 cm³/mol. The normalized spacial score (nSPS) is 9.91. The Hall–Kier alpha value is -0.190. The Kier molecular flexibility index (Phi) is 4.42. The van der Waals surface area contributed by atoms with Gasteiger partial charge in [-0.05, 0) is 17.3 Å². The lowest BCUT2D eigenvalue weighted by Crippen LogP contribution is -2.32. The highest BCUT2D eigenvalue weighted by atomic mass is 127. The molecule has 3 heteroatoms. The summed E-state index contributed by atoms with van der Waals surface area (Å²) < 4.78 is 3.37. The molecule has 2 nitrogen and oxygen atoms in total. The van der Waals surface area contributed by atoms with E-state index < -0.39 is 0 Å². The molecule has 0 saturated heterocycles. The Morgan fingerprint density at radius 3 is 2.91 bits per heavy atom. The minimum absolute atomic E-state index is 1.09. The molecule has 0 amide bonds. The van der Waals surface area contributed by atoms with Gasteiger partial charge in [-0.25, -0.2) is 4.57 Å². The Labute approximate surface area is 80.8 Å². The molecule has 0 spiro atoms. The van der Waals surface area contributed by atoms with Crippen LogP contribution in [-0.4, -0.2) is 9.41 Å². The zero-order chi connectivity index (χ0) is 7.94. The molecule has 0 bridgehead atoms. The molecule has 0 aliphatic heterocycles. The van der Waals surface area contributed by atoms with E-state index >= 15 is 0 Å². The molecular formula is C8H12IN2+. The number of rotatable bonds is 4. The van der Waals surface area contributed by atoms with Crippen molar-refractivity contribution < 1.29 is 4.57 Å². The first-order valence-corrected chi connectivity index (χ1v) is 5.31. The van der Waals surface area contributed by atoms with E-state index in [9.17, 15) is 0 Å². The van der Waals surface area contributed by atoms with E-state index in [1.54, 1.807) is 6.20 Å². The first-order valence-electron chi connectivity index (χ1n) is 3.78. The number of halogens is 1. The van der Waals surface area contributed by atoms with Gasteiger partial charge >= 0.3 is 0 Å². The van der Waals surface area contributed by atoms with E-state index in [4.69, 9.17) is 0 Å². The smallest absolute Gasteiger partial charge is 0.237 e. The Morgan fingerprint density at radius 2 is 2.27 bits per heavy atom. The standard InChI is InChI=1S/C8H12IN2/c9-4-1-2-6-11-7-3-5-10-8-11/h3,5,7-8H,1-2,4,6H2/q+1. The summed E-state index contributed by atoms with van der Waals surface area (Å²) in [5, 5.41) is 0. The lowest BCUT2D eigenvalue weighted by atomic mass is 10.3. The van der Waals surface area contributed by atoms with Crippen molar-refractivity contribution in [1.29, 1.82) is 0 Å². The second kappa shape index (κ2) is 5.46. The number of nitrogens with zero attached hydrogens (tertiary/aromatic N) is 2. The average molecular weight is 263 g/mol. The van der Waals surface area contributed by atoms with Crippen molar-refractivity contribution in [2.24, 2.45) is 0 Å². The van der Waals surface area contributed by atoms with Crippen LogP contribution in [0.25, 0.3) is 0 Å². The van der Waals surface area contributed by atoms with Gasteiger partial charge in [0.2, 0.25) is 0 Å². The van der Waals surface area contributed by atoms with Crippen LogP contribution in [0.15, 0.2) is 24.8 Å². The second-order valence-corrected chi connectivity index (χ2v) is 3.47. The zero-order valence-corrected chi connectivity index (χ0v) is 8.57. The Morgan fingerprint density at radius 1 is 1.36 bits per heavy atom. The SMILES string of the molecule is ICCCC[n+]1cccnc1. The fourth-order valence-corrected chi connectivity index (χ4v) is 1.42. The van der Waals surface area contributed by atoms with Crippen LogP contribution in [0.5, 0.6) is 0 Å². The fraction of sp³-hybridized carbons (Fsp3) is 0.500. The minimum Gasteiger partial charge on any atom is -0.237 e. The highest BCUT2D eigenvalue weighted by Gasteiger charge is 1.93. The lowest BCUT2D eigenvalue weighted by Gasteiger charge is -1.95. The van der Waals surface area contributed by atoms with E-state index in [2.05, 4.69) is 38.3 Å². The highest BCUT2D eigenvalue weighted by molar-refractivity contribution is 14.1. The average Bonchev–Trinajstić information content (AvgIpc) is 2.07. The van der Waals surface area contributed by atoms with Crippen LogP contribution in [0.1, 0.15) is 12.8 Å². The van der Waals surface area contributed by atoms with Gasteiger partial charge in [0.25, 0.3) is 6.33 Å². The van der Waals surface area contributed by atoms with Crippen molar-refractivity contribution in [1.82, 2.24) is 4.98 Å². The number of alkyl halides is 1. The molecule has 0 radical (unpaired) electrons. The van der Waals surface area contributed by atoms with Crippen LogP contribution in [-0.2, 0) is 6.54 Å². The number of hydrogen-bond donors (Lipinski definition) is 0. The van der Waals surface area contributed by atoms with E-state index in [0.29, 0.717) is 0 Å². The van der Waals surface area contributed by atoms with Crippen molar-refractivity contribution in [2.75, 3.05) is 4.43 Å². The summed E-state index contributed by atoms with van der Waals surface area (Å²) in [7, 11) is 0. The molecule has 0 aromatic carbocycles. The maximum absolute atomic E-state index is 4.02. The Balaban J connectivity index is 2.28. The molecule has 1 aromatic heterocycles. The van der Waals surface area contributed by atoms with Gasteiger partial charge in [0, 0.05) is 6.07 Å². The molecule has 11 heavy (non-hydrogen) atoms. The van der Waals surface area contributed by atoms with E-state index in [-0.39, 0.29) is 0 Å². The van der Waals surface area contributed by atoms with Crippen LogP contribution < -0.4 is 4.57 Å². The summed E-state index contributed by atoms with van der Waals surface area (Å²) >= 11 is 2.41. The van der Waals surface area contributed by atoms with Gasteiger partial charge < -0.3 is 0 Å². The molecule has 1 rings (SSSR count). The molecule has 60 valence electrons. The lowest BCUT2D eigenvalue weighted by molar-refractivity contribution is -0.700. The van der Waals surface area contributed by atoms with Gasteiger partial charge in [0.1, 0.15) is 6.20 Å². The zero-order valence-electron chi connectivity index (χ0n) is 6.41. The number of aromatic nitrogens is 2. The van der Waals surface area contributed by atoms with Crippen LogP contribution in [0.2, 0.25) is 0 Å². The van der Waals surface area contributed by atoms with Gasteiger partial charge in [-0.1, -0.05) is 27.6 Å². The van der Waals surface area contributed by atoms with Crippen molar-refractivity contribution in [3.8, 4) is 0 Å². The van der Waals surface area contributed by atoms with Crippen molar-refractivity contribution in [3.63, 3.8) is 0 Å². The summed E-state index contributed by atoms with van der Waals surface area (Å²) in [6.45, 7) is 1.09. The van der Waals surface area contributed by atoms with Crippen LogP contribution in [0, 0.1) is 0 Å². The molecule has 0 fully saturated rings. The molecule has 0 aliphatic rings. The number of unbranched alkanes of at least 4 members (excludes halogenated alkanes) is 1. The molecule has 0 aliphatic carbocycles. The third kappa shape index (κ3) is 3.65. The van der Waals surface area contributed by atoms with Crippen molar-refractivity contribution in [3.05, 3.63) is 24.8 Å². The molecular weight excluding hydrogens is 251 g/mol. The first kappa shape index (κ1) is 8.90. The summed E-state index contributed by atoms with van der Waals surface area (Å²) in [6.07, 6.45) is 8.27. The summed E-state index contributed by atoms with van der Waals surface area (Å²) in [5.74, 6) is 0. The highest BCUT2D eigenvalue weighted by Crippen LogP contribution is 1.93. The Bertz CT molecular complexity index is 189. The second-order valence-electron chi connectivity index (χ2n) is 2.39. The quantitative estimate of drug-likeness (QED) is 0.349. The third-order valence-corrected chi connectivity index (χ3v) is 2.23. The van der Waals surface area contributed by atoms with Crippen molar-refractivity contribution >= 4 is 22.6 Å². The monoisotopic (exact) mass is 263 g/mol. The van der Waals surface area contributed by atoms with Crippen LogP contribution in [0.3, 0.4) is 0 Å². The van der Waals surface area contributed by atoms with Crippen LogP contribution in [0.4, 0.5) is 0 Å². The van der Waals surface area contributed by atoms with Gasteiger partial charge in [-0.15, -0.1) is 0 Å². The maximum atomic E-state index is 4.02. The van der Waals surface area contributed by atoms with Crippen LogP contribution >= 0.6 is 22.6 Å². The molecule has 1 heterocycles. The third-order valence-electron chi connectivity index (χ3n) is 1.46. The predicted octanol–water partition coefficient (Wildman–Crippen LogP) is 1.58. The maximum Gasteiger partial charge on any atom is 0.286 e. The topological polar surface area (TPSA) is 16.8 Å². The van der Waals surface area contributed by atoms with Gasteiger partial charge in [0.05, 0.1) is 12.7 Å². The first-order chi connectivity index (χ1) is 5.43. The molecule has 0 atom stereocenters. The summed E-state index contributed by atoms with van der Waals surface area (Å²) in [5.41, 5.74) is 0. The van der Waals surface area contributed by atoms with E-state index in [1.807, 2.05) is 12.4 Å². The number of hydrogen-bond acceptors (Lipinski definition) is 1. The molecule has 1 aromatic rings. The summed E-state index contributed by atoms with van der Waals surface area (Å²) in [4.78, 5) is 4.02. The van der Waals surface area contributed by atoms with Crippen molar-refractivity contribution in [2.45, 2.75) is 19.4 Å². The molecule has 0 saturated carbocycles. The van der Waals surface area contributed by atoms with Gasteiger partial charge in [0.15, 0.2) is 0 Å². The number of aryl methyl sites for hydroxylation is 1. The summed E-state index contributed by atoms with van der Waals surface area (Å²) in [6, 6.07) is 1.96. The fourth-order valence-electron chi connectivity index (χ4n) is 0.882. The van der Waals surface area contributed by atoms with E-state index in [1.165, 1.54) is 17.3 Å². The molecule has 0 N–H and O–H groups in total. The largest absolute Gasteiger partial charge is 0.286 e. The van der Waals surface area contributed by atoms with Gasteiger partial charge in [-0.2, -0.15) is 0 Å². The van der Waals surface area contributed by atoms with E-state index in [0.717, 1.165) is 6.54 Å². The van der Waals surface area contributed by atoms with Gasteiger partial charge in [-0.3, -0.25) is 0 Å².